The molecule has 1 heterocycles. The molecule has 90 valence electrons. The summed E-state index contributed by atoms with van der Waals surface area (Å²) in [5.74, 6) is 0.868. The third-order valence-electron chi connectivity index (χ3n) is 1.62. The highest BCUT2D eigenvalue weighted by Crippen LogP contribution is 2.08. The molecular formula is C9H16ClN5O. The van der Waals surface area contributed by atoms with Crippen LogP contribution in [0.1, 0.15) is 20.3 Å². The standard InChI is InChI=1S/C9H16ClN5O/c1-3-5-16-6-12-9-14-7(10)13-8(15-9)11-4-2/h3-6H2,1-2H3,(H2,11,12,13,14,15). The maximum Gasteiger partial charge on any atom is 0.230 e. The van der Waals surface area contributed by atoms with E-state index in [0.29, 0.717) is 25.2 Å². The minimum atomic E-state index is 0.156. The molecule has 16 heavy (non-hydrogen) atoms. The van der Waals surface area contributed by atoms with E-state index in [1.165, 1.54) is 0 Å². The van der Waals surface area contributed by atoms with Crippen molar-refractivity contribution in [3.63, 3.8) is 0 Å². The van der Waals surface area contributed by atoms with Gasteiger partial charge in [0.2, 0.25) is 17.2 Å². The van der Waals surface area contributed by atoms with E-state index < -0.39 is 0 Å². The third-order valence-corrected chi connectivity index (χ3v) is 1.79. The van der Waals surface area contributed by atoms with Crippen LogP contribution in [0.3, 0.4) is 0 Å². The molecule has 0 aromatic carbocycles. The summed E-state index contributed by atoms with van der Waals surface area (Å²) >= 11 is 5.74. The lowest BCUT2D eigenvalue weighted by molar-refractivity contribution is 0.152. The Morgan fingerprint density at radius 1 is 1.12 bits per heavy atom. The smallest absolute Gasteiger partial charge is 0.230 e. The van der Waals surface area contributed by atoms with Crippen molar-refractivity contribution in [3.05, 3.63) is 5.28 Å². The van der Waals surface area contributed by atoms with Crippen LogP contribution in [0.2, 0.25) is 5.28 Å². The predicted molar refractivity (Wildman–Crippen MR) is 63.7 cm³/mol. The van der Waals surface area contributed by atoms with Crippen molar-refractivity contribution in [3.8, 4) is 0 Å². The van der Waals surface area contributed by atoms with Gasteiger partial charge in [-0.3, -0.25) is 0 Å². The molecule has 1 aromatic rings. The Labute approximate surface area is 99.8 Å². The first-order valence-electron chi connectivity index (χ1n) is 5.23. The van der Waals surface area contributed by atoms with Gasteiger partial charge < -0.3 is 15.4 Å². The Bertz CT molecular complexity index is 323. The molecule has 6 nitrogen and oxygen atoms in total. The Morgan fingerprint density at radius 2 is 1.81 bits per heavy atom. The molecule has 0 fully saturated rings. The number of nitrogens with one attached hydrogen (secondary N) is 2. The first-order chi connectivity index (χ1) is 7.76. The number of anilines is 2. The molecule has 0 saturated heterocycles. The molecule has 0 saturated carbocycles. The van der Waals surface area contributed by atoms with Crippen LogP contribution < -0.4 is 10.6 Å². The lowest BCUT2D eigenvalue weighted by Gasteiger charge is -2.07. The van der Waals surface area contributed by atoms with Gasteiger partial charge in [-0.1, -0.05) is 6.92 Å². The van der Waals surface area contributed by atoms with E-state index >= 15 is 0 Å². The van der Waals surface area contributed by atoms with Gasteiger partial charge in [0, 0.05) is 13.2 Å². The van der Waals surface area contributed by atoms with Gasteiger partial charge in [-0.2, -0.15) is 15.0 Å². The zero-order valence-corrected chi connectivity index (χ0v) is 10.2. The number of rotatable bonds is 7. The summed E-state index contributed by atoms with van der Waals surface area (Å²) in [6.45, 7) is 5.79. The molecule has 0 bridgehead atoms. The second kappa shape index (κ2) is 7.19. The van der Waals surface area contributed by atoms with Gasteiger partial charge in [0.05, 0.1) is 0 Å². The van der Waals surface area contributed by atoms with E-state index in [0.717, 1.165) is 13.0 Å². The summed E-state index contributed by atoms with van der Waals surface area (Å²) in [6.07, 6.45) is 0.974. The highest BCUT2D eigenvalue weighted by Gasteiger charge is 2.03. The summed E-state index contributed by atoms with van der Waals surface area (Å²) < 4.78 is 5.25. The minimum Gasteiger partial charge on any atom is -0.361 e. The van der Waals surface area contributed by atoms with Crippen molar-refractivity contribution in [2.24, 2.45) is 0 Å². The predicted octanol–water partition coefficient (Wildman–Crippen LogP) is 1.75. The number of hydrogen-bond donors (Lipinski definition) is 2. The fourth-order valence-corrected chi connectivity index (χ4v) is 1.16. The van der Waals surface area contributed by atoms with Gasteiger partial charge in [0.25, 0.3) is 0 Å². The number of ether oxygens (including phenoxy) is 1. The molecule has 0 amide bonds. The Morgan fingerprint density at radius 3 is 2.44 bits per heavy atom. The SMILES string of the molecule is CCCOCNc1nc(Cl)nc(NCC)n1. The van der Waals surface area contributed by atoms with Crippen molar-refractivity contribution in [2.45, 2.75) is 20.3 Å². The number of nitrogens with zero attached hydrogens (tertiary/aromatic N) is 3. The number of aromatic nitrogens is 3. The summed E-state index contributed by atoms with van der Waals surface area (Å²) in [4.78, 5) is 12.0. The van der Waals surface area contributed by atoms with Gasteiger partial charge in [-0.15, -0.1) is 0 Å². The summed E-state index contributed by atoms with van der Waals surface area (Å²) in [5.41, 5.74) is 0. The van der Waals surface area contributed by atoms with E-state index in [9.17, 15) is 0 Å². The average molecular weight is 246 g/mol. The van der Waals surface area contributed by atoms with Crippen molar-refractivity contribution in [1.82, 2.24) is 15.0 Å². The topological polar surface area (TPSA) is 72.0 Å². The Hall–Kier alpha value is -1.14. The van der Waals surface area contributed by atoms with Crippen molar-refractivity contribution in [1.29, 1.82) is 0 Å². The number of halogens is 1. The summed E-state index contributed by atoms with van der Waals surface area (Å²) in [6, 6.07) is 0. The van der Waals surface area contributed by atoms with Crippen LogP contribution in [0.4, 0.5) is 11.9 Å². The lowest BCUT2D eigenvalue weighted by atomic mass is 10.5. The normalized spacial score (nSPS) is 10.2. The van der Waals surface area contributed by atoms with Crippen LogP contribution in [0, 0.1) is 0 Å². The molecule has 0 aliphatic carbocycles. The maximum absolute atomic E-state index is 5.74. The van der Waals surface area contributed by atoms with Crippen LogP contribution in [-0.2, 0) is 4.74 Å². The van der Waals surface area contributed by atoms with Crippen molar-refractivity contribution in [2.75, 3.05) is 30.5 Å². The van der Waals surface area contributed by atoms with Gasteiger partial charge in [-0.05, 0) is 24.9 Å². The number of hydrogen-bond acceptors (Lipinski definition) is 6. The zero-order valence-electron chi connectivity index (χ0n) is 9.46. The van der Waals surface area contributed by atoms with Crippen molar-refractivity contribution >= 4 is 23.5 Å². The molecule has 7 heteroatoms. The second-order valence-corrected chi connectivity index (χ2v) is 3.35. The van der Waals surface area contributed by atoms with E-state index in [2.05, 4.69) is 25.6 Å². The molecular weight excluding hydrogens is 230 g/mol. The largest absolute Gasteiger partial charge is 0.361 e. The first kappa shape index (κ1) is 12.9. The van der Waals surface area contributed by atoms with Gasteiger partial charge >= 0.3 is 0 Å². The van der Waals surface area contributed by atoms with Gasteiger partial charge in [0.1, 0.15) is 6.73 Å². The van der Waals surface area contributed by atoms with Crippen molar-refractivity contribution < 1.29 is 4.74 Å². The van der Waals surface area contributed by atoms with E-state index in [-0.39, 0.29) is 5.28 Å². The molecule has 1 rings (SSSR count). The molecule has 0 aliphatic rings. The Balaban J connectivity index is 2.51. The van der Waals surface area contributed by atoms with Crippen LogP contribution in [0.5, 0.6) is 0 Å². The van der Waals surface area contributed by atoms with Crippen LogP contribution >= 0.6 is 11.6 Å². The lowest BCUT2D eigenvalue weighted by Crippen LogP contribution is -2.12. The highest BCUT2D eigenvalue weighted by molar-refractivity contribution is 6.28. The molecule has 0 radical (unpaired) electrons. The van der Waals surface area contributed by atoms with E-state index in [4.69, 9.17) is 16.3 Å². The molecule has 1 aromatic heterocycles. The fraction of sp³-hybridized carbons (Fsp3) is 0.667. The summed E-state index contributed by atoms with van der Waals surface area (Å²) in [5, 5.41) is 6.03. The van der Waals surface area contributed by atoms with E-state index in [1.54, 1.807) is 0 Å². The molecule has 0 spiro atoms. The Kier molecular flexibility index (Phi) is 5.81. The second-order valence-electron chi connectivity index (χ2n) is 3.01. The van der Waals surface area contributed by atoms with Crippen LogP contribution in [0.25, 0.3) is 0 Å². The fourth-order valence-electron chi connectivity index (χ4n) is 0.998. The molecule has 0 unspecified atom stereocenters. The third kappa shape index (κ3) is 4.59. The van der Waals surface area contributed by atoms with E-state index in [1.807, 2.05) is 13.8 Å². The first-order valence-corrected chi connectivity index (χ1v) is 5.61. The monoisotopic (exact) mass is 245 g/mol. The zero-order chi connectivity index (χ0) is 11.8. The highest BCUT2D eigenvalue weighted by atomic mass is 35.5. The summed E-state index contributed by atoms with van der Waals surface area (Å²) in [7, 11) is 0. The van der Waals surface area contributed by atoms with Crippen LogP contribution in [0.15, 0.2) is 0 Å². The van der Waals surface area contributed by atoms with Crippen LogP contribution in [-0.4, -0.2) is 34.8 Å². The quantitative estimate of drug-likeness (QED) is 0.563. The molecule has 0 atom stereocenters. The molecule has 0 aliphatic heterocycles. The van der Waals surface area contributed by atoms with Gasteiger partial charge in [0.15, 0.2) is 0 Å². The average Bonchev–Trinajstić information content (AvgIpc) is 2.24. The maximum atomic E-state index is 5.74. The molecule has 2 N–H and O–H groups in total. The minimum absolute atomic E-state index is 0.156. The van der Waals surface area contributed by atoms with Gasteiger partial charge in [-0.25, -0.2) is 0 Å².